The maximum absolute atomic E-state index is 11.2. The Balaban J connectivity index is 2.96. The summed E-state index contributed by atoms with van der Waals surface area (Å²) in [7, 11) is 0. The van der Waals surface area contributed by atoms with Crippen molar-refractivity contribution in [1.29, 1.82) is 0 Å². The van der Waals surface area contributed by atoms with Gasteiger partial charge in [-0.1, -0.05) is 49.5 Å². The minimum atomic E-state index is -0.247. The van der Waals surface area contributed by atoms with E-state index in [0.717, 1.165) is 16.7 Å². The van der Waals surface area contributed by atoms with Crippen LogP contribution in [0.3, 0.4) is 0 Å². The summed E-state index contributed by atoms with van der Waals surface area (Å²) in [5.74, 6) is -0.247. The van der Waals surface area contributed by atoms with Crippen LogP contribution in [0.25, 0.3) is 5.57 Å². The lowest BCUT2D eigenvalue weighted by atomic mass is 10.0. The number of amides is 1. The molecule has 0 atom stereocenters. The number of rotatable bonds is 5. The van der Waals surface area contributed by atoms with Crippen molar-refractivity contribution in [2.75, 3.05) is 5.32 Å². The highest BCUT2D eigenvalue weighted by Crippen LogP contribution is 2.22. The molecule has 0 aliphatic carbocycles. The van der Waals surface area contributed by atoms with Crippen molar-refractivity contribution in [1.82, 2.24) is 0 Å². The highest BCUT2D eigenvalue weighted by molar-refractivity contribution is 6.31. The Morgan fingerprint density at radius 3 is 2.63 bits per heavy atom. The van der Waals surface area contributed by atoms with Crippen LogP contribution in [0.4, 0.5) is 5.69 Å². The van der Waals surface area contributed by atoms with Gasteiger partial charge in [0.1, 0.15) is 0 Å². The van der Waals surface area contributed by atoms with Crippen LogP contribution in [0.5, 0.6) is 0 Å². The molecule has 1 N–H and O–H groups in total. The van der Waals surface area contributed by atoms with Gasteiger partial charge in [-0.25, -0.2) is 0 Å². The molecule has 2 nitrogen and oxygen atoms in total. The third kappa shape index (κ3) is 4.60. The number of hydrogen-bond acceptors (Lipinski definition) is 1. The highest BCUT2D eigenvalue weighted by atomic mass is 35.5. The Morgan fingerprint density at radius 2 is 2.05 bits per heavy atom. The van der Waals surface area contributed by atoms with Crippen LogP contribution in [0.1, 0.15) is 12.5 Å². The first kappa shape index (κ1) is 15.0. The number of benzene rings is 1. The summed E-state index contributed by atoms with van der Waals surface area (Å²) in [5.41, 5.74) is 3.25. The molecule has 0 radical (unpaired) electrons. The molecule has 1 aromatic carbocycles. The lowest BCUT2D eigenvalue weighted by molar-refractivity contribution is -0.111. The molecule has 0 spiro atoms. The van der Waals surface area contributed by atoms with E-state index in [1.54, 1.807) is 6.07 Å². The third-order valence-electron chi connectivity index (χ3n) is 2.50. The number of nitrogens with one attached hydrogen (secondary N) is 1. The molecule has 0 heterocycles. The average Bonchev–Trinajstić information content (AvgIpc) is 2.38. The van der Waals surface area contributed by atoms with Crippen LogP contribution in [0, 0.1) is 0 Å². The molecule has 0 aliphatic heterocycles. The zero-order valence-corrected chi connectivity index (χ0v) is 11.6. The molecular weight excluding hydrogens is 258 g/mol. The van der Waals surface area contributed by atoms with Crippen LogP contribution in [0.15, 0.2) is 66.8 Å². The fourth-order valence-corrected chi connectivity index (χ4v) is 1.47. The molecule has 0 unspecified atom stereocenters. The zero-order chi connectivity index (χ0) is 14.4. The molecule has 0 fully saturated rings. The van der Waals surface area contributed by atoms with E-state index in [9.17, 15) is 4.79 Å². The van der Waals surface area contributed by atoms with Gasteiger partial charge in [0.05, 0.1) is 0 Å². The summed E-state index contributed by atoms with van der Waals surface area (Å²) in [4.78, 5) is 11.2. The zero-order valence-electron chi connectivity index (χ0n) is 10.9. The first-order valence-electron chi connectivity index (χ1n) is 5.70. The maximum Gasteiger partial charge on any atom is 0.247 e. The minimum Gasteiger partial charge on any atom is -0.323 e. The lowest BCUT2D eigenvalue weighted by Crippen LogP contribution is -2.07. The monoisotopic (exact) mass is 273 g/mol. The fourth-order valence-electron chi connectivity index (χ4n) is 1.41. The Kier molecular flexibility index (Phi) is 5.34. The van der Waals surface area contributed by atoms with E-state index in [1.165, 1.54) is 6.08 Å². The van der Waals surface area contributed by atoms with Crippen LogP contribution in [0.2, 0.25) is 0 Å². The van der Waals surface area contributed by atoms with Gasteiger partial charge >= 0.3 is 0 Å². The summed E-state index contributed by atoms with van der Waals surface area (Å²) in [6, 6.07) is 7.39. The Morgan fingerprint density at radius 1 is 1.37 bits per heavy atom. The minimum absolute atomic E-state index is 0.247. The second-order valence-corrected chi connectivity index (χ2v) is 4.49. The van der Waals surface area contributed by atoms with E-state index in [-0.39, 0.29) is 5.91 Å². The second kappa shape index (κ2) is 6.76. The predicted molar refractivity (Wildman–Crippen MR) is 83.1 cm³/mol. The maximum atomic E-state index is 11.2. The fraction of sp³-hybridized carbons (Fsp3) is 0.0625. The molecule has 1 amide bonds. The van der Waals surface area contributed by atoms with Gasteiger partial charge in [-0.3, -0.25) is 4.79 Å². The lowest BCUT2D eigenvalue weighted by Gasteiger charge is -2.07. The van der Waals surface area contributed by atoms with Crippen molar-refractivity contribution in [2.24, 2.45) is 0 Å². The van der Waals surface area contributed by atoms with Crippen molar-refractivity contribution in [3.8, 4) is 0 Å². The average molecular weight is 274 g/mol. The van der Waals surface area contributed by atoms with Gasteiger partial charge in [-0.15, -0.1) is 0 Å². The molecule has 0 bridgehead atoms. The van der Waals surface area contributed by atoms with Gasteiger partial charge in [0.2, 0.25) is 5.91 Å². The van der Waals surface area contributed by atoms with Crippen molar-refractivity contribution < 1.29 is 4.79 Å². The van der Waals surface area contributed by atoms with Gasteiger partial charge in [-0.2, -0.15) is 0 Å². The first-order chi connectivity index (χ1) is 8.93. The van der Waals surface area contributed by atoms with E-state index >= 15 is 0 Å². The number of hydrogen-bond donors (Lipinski definition) is 1. The molecule has 0 saturated heterocycles. The molecule has 98 valence electrons. The van der Waals surface area contributed by atoms with Crippen LogP contribution in [-0.4, -0.2) is 5.91 Å². The Labute approximate surface area is 118 Å². The van der Waals surface area contributed by atoms with Gasteiger partial charge < -0.3 is 5.32 Å². The SMILES string of the molecule is C=CC(=O)Nc1cccc(C(=C)C=C(C)C(=C)Cl)c1. The number of allylic oxidation sites excluding steroid dienone is 4. The quantitative estimate of drug-likeness (QED) is 0.620. The summed E-state index contributed by atoms with van der Waals surface area (Å²) >= 11 is 5.81. The third-order valence-corrected chi connectivity index (χ3v) is 2.80. The predicted octanol–water partition coefficient (Wildman–Crippen LogP) is 4.52. The molecular formula is C16H16ClNO. The Hall–Kier alpha value is -2.06. The molecule has 0 saturated carbocycles. The van der Waals surface area contributed by atoms with Crippen LogP contribution in [-0.2, 0) is 4.79 Å². The van der Waals surface area contributed by atoms with Crippen molar-refractivity contribution >= 4 is 28.8 Å². The number of anilines is 1. The van der Waals surface area contributed by atoms with E-state index in [2.05, 4.69) is 25.1 Å². The van der Waals surface area contributed by atoms with E-state index < -0.39 is 0 Å². The highest BCUT2D eigenvalue weighted by Gasteiger charge is 2.01. The normalized spacial score (nSPS) is 10.7. The van der Waals surface area contributed by atoms with E-state index in [4.69, 9.17) is 11.6 Å². The van der Waals surface area contributed by atoms with Crippen molar-refractivity contribution in [3.63, 3.8) is 0 Å². The van der Waals surface area contributed by atoms with Gasteiger partial charge in [-0.05, 0) is 41.8 Å². The van der Waals surface area contributed by atoms with E-state index in [0.29, 0.717) is 10.7 Å². The molecule has 1 aromatic rings. The number of carbonyl (C=O) groups excluding carboxylic acids is 1. The summed E-state index contributed by atoms with van der Waals surface area (Å²) < 4.78 is 0. The van der Waals surface area contributed by atoms with Gasteiger partial charge in [0.25, 0.3) is 0 Å². The number of halogens is 1. The molecule has 19 heavy (non-hydrogen) atoms. The van der Waals surface area contributed by atoms with Gasteiger partial charge in [0.15, 0.2) is 0 Å². The molecule has 1 rings (SSSR count). The van der Waals surface area contributed by atoms with Crippen molar-refractivity contribution in [2.45, 2.75) is 6.92 Å². The number of carbonyl (C=O) groups is 1. The van der Waals surface area contributed by atoms with Crippen molar-refractivity contribution in [3.05, 3.63) is 72.3 Å². The Bertz CT molecular complexity index is 570. The summed E-state index contributed by atoms with van der Waals surface area (Å²) in [6.07, 6.45) is 3.08. The second-order valence-electron chi connectivity index (χ2n) is 4.03. The first-order valence-corrected chi connectivity index (χ1v) is 6.07. The van der Waals surface area contributed by atoms with Gasteiger partial charge in [0, 0.05) is 10.7 Å². The smallest absolute Gasteiger partial charge is 0.247 e. The molecule has 0 aromatic heterocycles. The molecule has 3 heteroatoms. The molecule has 0 aliphatic rings. The standard InChI is InChI=1S/C16H16ClNO/c1-5-16(19)18-15-8-6-7-14(10-15)12(3)9-11(2)13(4)17/h5-10H,1,3-4H2,2H3,(H,18,19). The van der Waals surface area contributed by atoms with Crippen LogP contribution < -0.4 is 5.32 Å². The summed E-state index contributed by atoms with van der Waals surface area (Å²) in [6.45, 7) is 12.9. The topological polar surface area (TPSA) is 29.1 Å². The van der Waals surface area contributed by atoms with E-state index in [1.807, 2.05) is 31.2 Å². The largest absolute Gasteiger partial charge is 0.323 e. The summed E-state index contributed by atoms with van der Waals surface area (Å²) in [5, 5.41) is 3.18. The van der Waals surface area contributed by atoms with Crippen LogP contribution >= 0.6 is 11.6 Å².